The Labute approximate surface area is 355 Å². The number of allylic oxidation sites excluding steroid dienone is 3. The van der Waals surface area contributed by atoms with Crippen molar-refractivity contribution in [2.45, 2.75) is 123 Å². The fourth-order valence-corrected chi connectivity index (χ4v) is 8.39. The summed E-state index contributed by atoms with van der Waals surface area (Å²) in [7, 11) is 5.49. The number of pyridine rings is 1. The number of aliphatic hydroxyl groups is 4. The van der Waals surface area contributed by atoms with E-state index in [0.29, 0.717) is 32.4 Å². The zero-order chi connectivity index (χ0) is 43.0. The second-order valence-corrected chi connectivity index (χ2v) is 16.8. The normalized spacial score (nSPS) is 32.7. The molecule has 1 fully saturated rings. The number of likely N-dealkylation sites (N-methyl/N-ethyl adjacent to an activating group) is 1. The van der Waals surface area contributed by atoms with Crippen LogP contribution < -0.4 is 0 Å². The molecule has 2 aliphatic rings. The summed E-state index contributed by atoms with van der Waals surface area (Å²) >= 11 is 0. The minimum atomic E-state index is -1.26. The van der Waals surface area contributed by atoms with E-state index in [2.05, 4.69) is 20.2 Å². The van der Waals surface area contributed by atoms with E-state index < -0.39 is 72.7 Å². The molecule has 4 heterocycles. The van der Waals surface area contributed by atoms with Crippen LogP contribution in [0.4, 0.5) is 0 Å². The number of benzene rings is 1. The Kier molecular flexibility index (Phi) is 18.1. The molecule has 0 radical (unpaired) electrons. The summed E-state index contributed by atoms with van der Waals surface area (Å²) in [5.41, 5.74) is 2.37. The van der Waals surface area contributed by atoms with Gasteiger partial charge in [0.15, 0.2) is 12.1 Å². The molecular formula is C45H68N6O9. The molecule has 1 saturated heterocycles. The zero-order valence-electron chi connectivity index (χ0n) is 35.7. The van der Waals surface area contributed by atoms with Crippen molar-refractivity contribution in [3.8, 4) is 5.69 Å². The number of carbonyl (C=O) groups is 2. The van der Waals surface area contributed by atoms with Crippen molar-refractivity contribution >= 4 is 22.5 Å². The van der Waals surface area contributed by atoms with Crippen LogP contribution in [0.25, 0.3) is 16.5 Å². The third-order valence-electron chi connectivity index (χ3n) is 11.9. The summed E-state index contributed by atoms with van der Waals surface area (Å²) in [6, 6.07) is 7.17. The van der Waals surface area contributed by atoms with Gasteiger partial charge in [-0.05, 0) is 84.9 Å². The number of ether oxygens (including phenoxy) is 3. The minimum Gasteiger partial charge on any atom is -0.462 e. The molecule has 0 bridgehead atoms. The summed E-state index contributed by atoms with van der Waals surface area (Å²) in [6.07, 6.45) is 4.62. The van der Waals surface area contributed by atoms with Crippen LogP contribution in [-0.4, -0.2) is 145 Å². The molecule has 0 aliphatic carbocycles. The maximum Gasteiger partial charge on any atom is 0.308 e. The molecule has 12 atom stereocenters. The van der Waals surface area contributed by atoms with Gasteiger partial charge in [0.1, 0.15) is 12.2 Å². The Morgan fingerprint density at radius 2 is 1.78 bits per heavy atom. The van der Waals surface area contributed by atoms with Crippen molar-refractivity contribution in [2.75, 3.05) is 34.3 Å². The number of hydrogen-bond acceptors (Lipinski definition) is 14. The predicted octanol–water partition coefficient (Wildman–Crippen LogP) is 4.10. The molecule has 0 saturated carbocycles. The molecular weight excluding hydrogens is 769 g/mol. The lowest BCUT2D eigenvalue weighted by atomic mass is 9.79. The second kappa shape index (κ2) is 22.2. The van der Waals surface area contributed by atoms with Gasteiger partial charge >= 0.3 is 5.97 Å². The van der Waals surface area contributed by atoms with Crippen LogP contribution in [0, 0.1) is 23.7 Å². The number of aliphatic hydroxyl groups excluding tert-OH is 4. The van der Waals surface area contributed by atoms with E-state index in [4.69, 9.17) is 14.2 Å². The quantitative estimate of drug-likeness (QED) is 0.202. The first-order chi connectivity index (χ1) is 28.1. The number of hydrogen-bond donors (Lipinski definition) is 4. The van der Waals surface area contributed by atoms with E-state index in [1.54, 1.807) is 55.9 Å². The molecule has 5 rings (SSSR count). The van der Waals surface area contributed by atoms with E-state index >= 15 is 0 Å². The Hall–Kier alpha value is -3.93. The van der Waals surface area contributed by atoms with Gasteiger partial charge in [0.25, 0.3) is 0 Å². The number of rotatable bonds is 11. The largest absolute Gasteiger partial charge is 0.462 e. The van der Waals surface area contributed by atoms with Crippen molar-refractivity contribution in [3.63, 3.8) is 0 Å². The average molecular weight is 837 g/mol. The number of aromatic nitrogens is 4. The average Bonchev–Trinajstić information content (AvgIpc) is 3.67. The number of esters is 1. The fraction of sp³-hybridized carbons (Fsp3) is 0.622. The number of nitrogens with zero attached hydrogens (tertiary/aromatic N) is 6. The molecule has 15 heteroatoms. The summed E-state index contributed by atoms with van der Waals surface area (Å²) in [4.78, 5) is 35.2. The highest BCUT2D eigenvalue weighted by molar-refractivity contribution is 5.92. The first-order valence-electron chi connectivity index (χ1n) is 20.8. The molecule has 4 N–H and O–H groups in total. The van der Waals surface area contributed by atoms with E-state index in [1.165, 1.54) is 6.08 Å². The van der Waals surface area contributed by atoms with Crippen LogP contribution in [0.3, 0.4) is 0 Å². The first-order valence-corrected chi connectivity index (χ1v) is 20.8. The lowest BCUT2D eigenvalue weighted by molar-refractivity contribution is -0.304. The van der Waals surface area contributed by atoms with Gasteiger partial charge in [-0.3, -0.25) is 14.6 Å². The molecule has 2 aliphatic heterocycles. The van der Waals surface area contributed by atoms with Gasteiger partial charge < -0.3 is 44.4 Å². The highest BCUT2D eigenvalue weighted by Gasteiger charge is 2.47. The van der Waals surface area contributed by atoms with Crippen LogP contribution in [0.1, 0.15) is 73.4 Å². The van der Waals surface area contributed by atoms with Gasteiger partial charge in [0.05, 0.1) is 61.1 Å². The van der Waals surface area contributed by atoms with Crippen molar-refractivity contribution in [1.82, 2.24) is 29.8 Å². The Morgan fingerprint density at radius 3 is 2.48 bits per heavy atom. The van der Waals surface area contributed by atoms with Gasteiger partial charge in [-0.1, -0.05) is 63.3 Å². The van der Waals surface area contributed by atoms with Crippen LogP contribution >= 0.6 is 0 Å². The third-order valence-corrected chi connectivity index (χ3v) is 11.9. The van der Waals surface area contributed by atoms with Crippen molar-refractivity contribution in [1.29, 1.82) is 0 Å². The molecule has 2 aromatic heterocycles. The first kappa shape index (κ1) is 48.7. The SMILES string of the molecule is C.CC[C@H]1OC(=O)C[C@@H](O)[C@H](C)[C@@H](O[C@@H]2O[C@H](C)[C@@H](O)C(N(C)C)C2O)[C@@H](CCN(C)Cc2cn(-c3cccc4cnccc34)nn2)C[C@@H](C)C(=O)/C=C/C(C)=C/[C@@H]1CO. The molecule has 3 aromatic rings. The van der Waals surface area contributed by atoms with Crippen LogP contribution in [0.2, 0.25) is 0 Å². The van der Waals surface area contributed by atoms with Crippen LogP contribution in [0.5, 0.6) is 0 Å². The summed E-state index contributed by atoms with van der Waals surface area (Å²) in [5, 5.41) is 55.4. The highest BCUT2D eigenvalue weighted by Crippen LogP contribution is 2.35. The zero-order valence-corrected chi connectivity index (χ0v) is 35.7. The molecule has 60 heavy (non-hydrogen) atoms. The third kappa shape index (κ3) is 12.1. The van der Waals surface area contributed by atoms with Crippen molar-refractivity contribution in [2.24, 2.45) is 23.7 Å². The second-order valence-electron chi connectivity index (χ2n) is 16.8. The molecule has 332 valence electrons. The topological polar surface area (TPSA) is 193 Å². The monoisotopic (exact) mass is 837 g/mol. The molecule has 0 amide bonds. The van der Waals surface area contributed by atoms with Crippen molar-refractivity contribution in [3.05, 3.63) is 72.4 Å². The lowest BCUT2D eigenvalue weighted by Crippen LogP contribution is -2.63. The standard InChI is InChI=1S/C44H64N6O9.CH4/c1-9-38-32(25-51)19-26(2)13-14-36(52)27(3)20-30(16-18-49(8)23-33-24-50(47-46-33)35-12-10-11-31-22-45-17-15-34(31)35)43(28(4)37(53)21-39(54)58-38)59-44-42(56)40(48(6)7)41(55)29(5)57-44;/h10-15,17,19,22,24,27-30,32,37-38,40-44,51,53,55-56H,9,16,18,20-21,23,25H2,1-8H3;1H4/b14-13+,26-19+;/t27-,28+,29-,30+,32-,37-,38-,40?,41-,42?,43-,44+;/m1./s1. The highest BCUT2D eigenvalue weighted by atomic mass is 16.7. The number of cyclic esters (lactones) is 1. The predicted molar refractivity (Wildman–Crippen MR) is 229 cm³/mol. The lowest BCUT2D eigenvalue weighted by Gasteiger charge is -2.46. The summed E-state index contributed by atoms with van der Waals surface area (Å²) < 4.78 is 20.4. The number of carbonyl (C=O) groups excluding carboxylic acids is 2. The molecule has 0 spiro atoms. The Balaban J connectivity index is 0.00000794. The Morgan fingerprint density at radius 1 is 1.03 bits per heavy atom. The van der Waals surface area contributed by atoms with E-state index in [-0.39, 0.29) is 32.2 Å². The molecule has 1 aromatic carbocycles. The van der Waals surface area contributed by atoms with Gasteiger partial charge in [0.2, 0.25) is 0 Å². The Bertz CT molecular complexity index is 1900. The molecule has 2 unspecified atom stereocenters. The van der Waals surface area contributed by atoms with E-state index in [1.807, 2.05) is 64.5 Å². The summed E-state index contributed by atoms with van der Waals surface area (Å²) in [5.74, 6) is -2.78. The fourth-order valence-electron chi connectivity index (χ4n) is 8.39. The van der Waals surface area contributed by atoms with Gasteiger partial charge in [-0.25, -0.2) is 4.68 Å². The van der Waals surface area contributed by atoms with Crippen molar-refractivity contribution < 1.29 is 44.2 Å². The van der Waals surface area contributed by atoms with Crippen LogP contribution in [0.15, 0.2) is 66.7 Å². The minimum absolute atomic E-state index is 0. The van der Waals surface area contributed by atoms with E-state index in [0.717, 1.165) is 27.7 Å². The maximum atomic E-state index is 13.7. The number of ketones is 1. The number of fused-ring (bicyclic) bond motifs is 1. The maximum absolute atomic E-state index is 13.7. The van der Waals surface area contributed by atoms with Gasteiger partial charge in [-0.15, -0.1) is 5.10 Å². The van der Waals surface area contributed by atoms with Gasteiger partial charge in [-0.2, -0.15) is 0 Å². The summed E-state index contributed by atoms with van der Waals surface area (Å²) in [6.45, 7) is 9.77. The van der Waals surface area contributed by atoms with Gasteiger partial charge in [0, 0.05) is 47.5 Å². The smallest absolute Gasteiger partial charge is 0.308 e. The molecule has 15 nitrogen and oxygen atoms in total. The van der Waals surface area contributed by atoms with E-state index in [9.17, 15) is 30.0 Å². The van der Waals surface area contributed by atoms with Crippen LogP contribution in [-0.2, 0) is 30.3 Å².